The summed E-state index contributed by atoms with van der Waals surface area (Å²) in [6, 6.07) is 8.63. The summed E-state index contributed by atoms with van der Waals surface area (Å²) < 4.78 is 10.1. The number of unbranched alkanes of at least 4 members (excludes halogenated alkanes) is 2. The fraction of sp³-hybridized carbons (Fsp3) is 0.500. The van der Waals surface area contributed by atoms with E-state index >= 15 is 0 Å². The molecule has 1 aromatic rings. The maximum Gasteiger partial charge on any atom is 0.408 e. The lowest BCUT2D eigenvalue weighted by Gasteiger charge is -2.13. The number of carbonyl (C=O) groups excluding carboxylic acids is 2. The Hall–Kier alpha value is -2.04. The van der Waals surface area contributed by atoms with Crippen molar-refractivity contribution in [3.05, 3.63) is 35.9 Å². The molecule has 5 heteroatoms. The van der Waals surface area contributed by atoms with Gasteiger partial charge in [-0.15, -0.1) is 0 Å². The SMILES string of the molecule is CCCCCOC(=O)[C@H](C)NC(=O)OCc1ccccc1. The Morgan fingerprint density at radius 3 is 2.52 bits per heavy atom. The number of hydrogen-bond donors (Lipinski definition) is 1. The van der Waals surface area contributed by atoms with Gasteiger partial charge in [0.1, 0.15) is 12.6 Å². The van der Waals surface area contributed by atoms with Crippen LogP contribution in [-0.2, 0) is 20.9 Å². The van der Waals surface area contributed by atoms with E-state index in [9.17, 15) is 9.59 Å². The van der Waals surface area contributed by atoms with Crippen LogP contribution >= 0.6 is 0 Å². The first-order valence-electron chi connectivity index (χ1n) is 7.27. The van der Waals surface area contributed by atoms with Crippen LogP contribution in [0, 0.1) is 0 Å². The number of rotatable bonds is 8. The van der Waals surface area contributed by atoms with Crippen LogP contribution in [0.5, 0.6) is 0 Å². The molecule has 1 aromatic carbocycles. The highest BCUT2D eigenvalue weighted by Gasteiger charge is 2.17. The van der Waals surface area contributed by atoms with Crippen molar-refractivity contribution in [2.75, 3.05) is 6.61 Å². The summed E-state index contributed by atoms with van der Waals surface area (Å²) in [5, 5.41) is 2.46. The third-order valence-corrected chi connectivity index (χ3v) is 2.89. The lowest BCUT2D eigenvalue weighted by atomic mass is 10.2. The quantitative estimate of drug-likeness (QED) is 0.591. The molecule has 1 amide bonds. The molecule has 116 valence electrons. The summed E-state index contributed by atoms with van der Waals surface area (Å²) in [6.07, 6.45) is 2.30. The normalized spacial score (nSPS) is 11.5. The molecule has 0 aliphatic rings. The highest BCUT2D eigenvalue weighted by Crippen LogP contribution is 2.01. The van der Waals surface area contributed by atoms with Crippen LogP contribution in [0.15, 0.2) is 30.3 Å². The lowest BCUT2D eigenvalue weighted by molar-refractivity contribution is -0.145. The van der Waals surface area contributed by atoms with Crippen LogP contribution in [0.4, 0.5) is 4.79 Å². The van der Waals surface area contributed by atoms with Gasteiger partial charge < -0.3 is 14.8 Å². The first kappa shape index (κ1) is 17.0. The summed E-state index contributed by atoms with van der Waals surface area (Å²) in [6.45, 7) is 4.21. The van der Waals surface area contributed by atoms with E-state index in [0.717, 1.165) is 24.8 Å². The molecule has 0 saturated heterocycles. The summed E-state index contributed by atoms with van der Waals surface area (Å²) in [5.74, 6) is -0.442. The van der Waals surface area contributed by atoms with Crippen molar-refractivity contribution >= 4 is 12.1 Å². The molecule has 0 unspecified atom stereocenters. The zero-order chi connectivity index (χ0) is 15.5. The summed E-state index contributed by atoms with van der Waals surface area (Å²) >= 11 is 0. The van der Waals surface area contributed by atoms with Gasteiger partial charge in [-0.2, -0.15) is 0 Å². The van der Waals surface area contributed by atoms with E-state index < -0.39 is 18.1 Å². The van der Waals surface area contributed by atoms with Crippen LogP contribution in [0.2, 0.25) is 0 Å². The topological polar surface area (TPSA) is 64.6 Å². The Balaban J connectivity index is 2.22. The van der Waals surface area contributed by atoms with Crippen molar-refractivity contribution in [2.45, 2.75) is 45.8 Å². The van der Waals surface area contributed by atoms with Crippen LogP contribution in [0.25, 0.3) is 0 Å². The van der Waals surface area contributed by atoms with Crippen molar-refractivity contribution in [1.82, 2.24) is 5.32 Å². The minimum absolute atomic E-state index is 0.172. The van der Waals surface area contributed by atoms with E-state index in [1.807, 2.05) is 30.3 Å². The Morgan fingerprint density at radius 1 is 1.14 bits per heavy atom. The minimum Gasteiger partial charge on any atom is -0.464 e. The van der Waals surface area contributed by atoms with Crippen molar-refractivity contribution in [2.24, 2.45) is 0 Å². The van der Waals surface area contributed by atoms with E-state index in [0.29, 0.717) is 6.61 Å². The number of benzene rings is 1. The molecule has 5 nitrogen and oxygen atoms in total. The first-order valence-corrected chi connectivity index (χ1v) is 7.27. The standard InChI is InChI=1S/C16H23NO4/c1-3-4-8-11-20-15(18)13(2)17-16(19)21-12-14-9-6-5-7-10-14/h5-7,9-10,13H,3-4,8,11-12H2,1-2H3,(H,17,19)/t13-/m0/s1. The number of carbonyl (C=O) groups is 2. The van der Waals surface area contributed by atoms with Gasteiger partial charge in [-0.1, -0.05) is 50.1 Å². The number of hydrogen-bond acceptors (Lipinski definition) is 4. The second kappa shape index (κ2) is 9.80. The van der Waals surface area contributed by atoms with Gasteiger partial charge in [0.15, 0.2) is 0 Å². The van der Waals surface area contributed by atoms with Gasteiger partial charge in [0, 0.05) is 0 Å². The predicted molar refractivity (Wildman–Crippen MR) is 79.7 cm³/mol. The monoisotopic (exact) mass is 293 g/mol. The number of esters is 1. The molecule has 0 saturated carbocycles. The van der Waals surface area contributed by atoms with Crippen molar-refractivity contribution in [1.29, 1.82) is 0 Å². The Morgan fingerprint density at radius 2 is 1.86 bits per heavy atom. The van der Waals surface area contributed by atoms with Crippen LogP contribution < -0.4 is 5.32 Å². The highest BCUT2D eigenvalue weighted by atomic mass is 16.6. The predicted octanol–water partition coefficient (Wildman–Crippen LogP) is 3.03. The fourth-order valence-electron chi connectivity index (χ4n) is 1.65. The number of alkyl carbamates (subject to hydrolysis) is 1. The summed E-state index contributed by atoms with van der Waals surface area (Å²) in [4.78, 5) is 23.2. The Bertz CT molecular complexity index is 433. The van der Waals surface area contributed by atoms with Crippen molar-refractivity contribution < 1.29 is 19.1 Å². The molecule has 1 N–H and O–H groups in total. The largest absolute Gasteiger partial charge is 0.464 e. The summed E-state index contributed by atoms with van der Waals surface area (Å²) in [7, 11) is 0. The van der Waals surface area contributed by atoms with Gasteiger partial charge in [-0.3, -0.25) is 0 Å². The van der Waals surface area contributed by atoms with Crippen LogP contribution in [0.1, 0.15) is 38.7 Å². The van der Waals surface area contributed by atoms with Crippen LogP contribution in [-0.4, -0.2) is 24.7 Å². The van der Waals surface area contributed by atoms with Crippen molar-refractivity contribution in [3.8, 4) is 0 Å². The zero-order valence-corrected chi connectivity index (χ0v) is 12.6. The van der Waals surface area contributed by atoms with Crippen molar-refractivity contribution in [3.63, 3.8) is 0 Å². The smallest absolute Gasteiger partial charge is 0.408 e. The van der Waals surface area contributed by atoms with Gasteiger partial charge in [-0.05, 0) is 18.9 Å². The molecular formula is C16H23NO4. The van der Waals surface area contributed by atoms with E-state index in [4.69, 9.17) is 9.47 Å². The minimum atomic E-state index is -0.713. The van der Waals surface area contributed by atoms with E-state index in [-0.39, 0.29) is 6.61 Å². The second-order valence-electron chi connectivity index (χ2n) is 4.80. The molecule has 0 fully saturated rings. The third-order valence-electron chi connectivity index (χ3n) is 2.89. The molecule has 0 aromatic heterocycles. The highest BCUT2D eigenvalue weighted by molar-refractivity contribution is 5.80. The molecule has 0 aliphatic heterocycles. The average Bonchev–Trinajstić information content (AvgIpc) is 2.50. The maximum atomic E-state index is 11.6. The molecule has 0 spiro atoms. The van der Waals surface area contributed by atoms with E-state index in [1.165, 1.54) is 0 Å². The fourth-order valence-corrected chi connectivity index (χ4v) is 1.65. The van der Waals surface area contributed by atoms with E-state index in [2.05, 4.69) is 12.2 Å². The Kier molecular flexibility index (Phi) is 7.94. The second-order valence-corrected chi connectivity index (χ2v) is 4.80. The molecular weight excluding hydrogens is 270 g/mol. The molecule has 0 radical (unpaired) electrons. The van der Waals surface area contributed by atoms with Gasteiger partial charge in [0.05, 0.1) is 6.61 Å². The number of nitrogens with one attached hydrogen (secondary N) is 1. The summed E-state index contributed by atoms with van der Waals surface area (Å²) in [5.41, 5.74) is 0.891. The third kappa shape index (κ3) is 7.34. The van der Waals surface area contributed by atoms with Crippen LogP contribution in [0.3, 0.4) is 0 Å². The van der Waals surface area contributed by atoms with Gasteiger partial charge >= 0.3 is 12.1 Å². The van der Waals surface area contributed by atoms with E-state index in [1.54, 1.807) is 6.92 Å². The lowest BCUT2D eigenvalue weighted by Crippen LogP contribution is -2.39. The van der Waals surface area contributed by atoms with Gasteiger partial charge in [-0.25, -0.2) is 9.59 Å². The number of ether oxygens (including phenoxy) is 2. The maximum absolute atomic E-state index is 11.6. The molecule has 21 heavy (non-hydrogen) atoms. The van der Waals surface area contributed by atoms with Gasteiger partial charge in [0.2, 0.25) is 0 Å². The van der Waals surface area contributed by atoms with Gasteiger partial charge in [0.25, 0.3) is 0 Å². The molecule has 0 aliphatic carbocycles. The molecule has 1 rings (SSSR count). The zero-order valence-electron chi connectivity index (χ0n) is 12.6. The first-order chi connectivity index (χ1) is 10.1. The molecule has 0 bridgehead atoms. The molecule has 0 heterocycles. The Labute approximate surface area is 125 Å². The number of amides is 1. The average molecular weight is 293 g/mol. The molecule has 1 atom stereocenters.